The summed E-state index contributed by atoms with van der Waals surface area (Å²) in [5.74, 6) is 1.79. The van der Waals surface area contributed by atoms with E-state index in [1.807, 2.05) is 84.1 Å². The minimum atomic E-state index is 0.589. The predicted octanol–water partition coefficient (Wildman–Crippen LogP) is 12.7. The molecule has 6 heteroatoms. The van der Waals surface area contributed by atoms with Gasteiger partial charge in [-0.15, -0.1) is 11.3 Å². The van der Waals surface area contributed by atoms with E-state index in [1.165, 1.54) is 25.7 Å². The van der Waals surface area contributed by atoms with Gasteiger partial charge in [0.1, 0.15) is 22.3 Å². The smallest absolute Gasteiger partial charge is 0.164 e. The molecule has 0 fully saturated rings. The predicted molar refractivity (Wildman–Crippen MR) is 209 cm³/mol. The van der Waals surface area contributed by atoms with Gasteiger partial charge in [-0.25, -0.2) is 15.0 Å². The van der Waals surface area contributed by atoms with Crippen LogP contribution in [0.5, 0.6) is 0 Å². The molecule has 0 aliphatic heterocycles. The molecule has 5 nitrogen and oxygen atoms in total. The molecule has 4 heterocycles. The molecule has 0 amide bonds. The van der Waals surface area contributed by atoms with Crippen LogP contribution in [0.25, 0.3) is 109 Å². The maximum absolute atomic E-state index is 6.66. The molecule has 7 aromatic carbocycles. The number of fused-ring (bicyclic) bond motifs is 9. The monoisotopic (exact) mass is 671 g/mol. The van der Waals surface area contributed by atoms with Crippen LogP contribution in [0, 0.1) is 0 Å². The fourth-order valence-electron chi connectivity index (χ4n) is 7.41. The van der Waals surface area contributed by atoms with Crippen molar-refractivity contribution >= 4 is 75.4 Å². The zero-order valence-corrected chi connectivity index (χ0v) is 27.8. The van der Waals surface area contributed by atoms with Gasteiger partial charge >= 0.3 is 0 Å². The standard InChI is InChI=1S/C45H25N3O2S/c1-2-11-26(12-3-1)43-46-44(48-45(47-43)34-19-10-21-38-40(34)33-14-4-6-20-36(33)49-38)27-23-24-37-35(25-27)30-16-8-15-29(41(30)50-37)32-18-9-17-31-28-13-5-7-22-39(28)51-42(31)32/h1-25H. The van der Waals surface area contributed by atoms with Crippen LogP contribution in [0.2, 0.25) is 0 Å². The molecule has 0 radical (unpaired) electrons. The summed E-state index contributed by atoms with van der Waals surface area (Å²) in [5.41, 5.74) is 8.27. The Labute approximate surface area is 295 Å². The maximum atomic E-state index is 6.66. The van der Waals surface area contributed by atoms with Crippen molar-refractivity contribution in [2.24, 2.45) is 0 Å². The zero-order valence-electron chi connectivity index (χ0n) is 27.0. The Morgan fingerprint density at radius 3 is 1.94 bits per heavy atom. The molecule has 0 spiro atoms. The van der Waals surface area contributed by atoms with Crippen molar-refractivity contribution in [3.63, 3.8) is 0 Å². The fourth-order valence-corrected chi connectivity index (χ4v) is 8.64. The van der Waals surface area contributed by atoms with Crippen LogP contribution < -0.4 is 0 Å². The van der Waals surface area contributed by atoms with Crippen LogP contribution in [0.3, 0.4) is 0 Å². The Bertz CT molecular complexity index is 3160. The van der Waals surface area contributed by atoms with Crippen molar-refractivity contribution in [1.29, 1.82) is 0 Å². The third-order valence-corrected chi connectivity index (χ3v) is 11.0. The van der Waals surface area contributed by atoms with Crippen molar-refractivity contribution in [2.45, 2.75) is 0 Å². The highest BCUT2D eigenvalue weighted by Gasteiger charge is 2.20. The number of rotatable bonds is 4. The van der Waals surface area contributed by atoms with Gasteiger partial charge in [-0.1, -0.05) is 115 Å². The summed E-state index contributed by atoms with van der Waals surface area (Å²) in [6.45, 7) is 0. The molecule has 0 aliphatic carbocycles. The topological polar surface area (TPSA) is 65.0 Å². The Balaban J connectivity index is 1.11. The van der Waals surface area contributed by atoms with Crippen molar-refractivity contribution in [2.75, 3.05) is 0 Å². The molecule has 0 bridgehead atoms. The van der Waals surface area contributed by atoms with E-state index in [0.29, 0.717) is 17.5 Å². The van der Waals surface area contributed by atoms with Crippen LogP contribution in [0.15, 0.2) is 160 Å². The van der Waals surface area contributed by atoms with Crippen molar-refractivity contribution in [1.82, 2.24) is 15.0 Å². The summed E-state index contributed by atoms with van der Waals surface area (Å²) in [4.78, 5) is 15.2. The highest BCUT2D eigenvalue weighted by molar-refractivity contribution is 7.26. The van der Waals surface area contributed by atoms with Crippen LogP contribution in [0.4, 0.5) is 0 Å². The molecule has 0 atom stereocenters. The van der Waals surface area contributed by atoms with Gasteiger partial charge in [0, 0.05) is 69.5 Å². The second-order valence-electron chi connectivity index (χ2n) is 12.7. The lowest BCUT2D eigenvalue weighted by atomic mass is 10.00. The molecule has 0 saturated heterocycles. The Morgan fingerprint density at radius 1 is 0.392 bits per heavy atom. The van der Waals surface area contributed by atoms with Gasteiger partial charge in [0.15, 0.2) is 17.5 Å². The molecule has 0 unspecified atom stereocenters. The summed E-state index contributed by atoms with van der Waals surface area (Å²) in [6, 6.07) is 52.0. The van der Waals surface area contributed by atoms with Gasteiger partial charge in [0.2, 0.25) is 0 Å². The summed E-state index contributed by atoms with van der Waals surface area (Å²) in [5, 5.41) is 6.63. The van der Waals surface area contributed by atoms with E-state index in [-0.39, 0.29) is 0 Å². The van der Waals surface area contributed by atoms with Crippen molar-refractivity contribution in [3.05, 3.63) is 152 Å². The fraction of sp³-hybridized carbons (Fsp3) is 0. The molecule has 4 aromatic heterocycles. The van der Waals surface area contributed by atoms with E-state index >= 15 is 0 Å². The van der Waals surface area contributed by atoms with Crippen molar-refractivity contribution < 1.29 is 8.83 Å². The molecule has 0 aliphatic rings. The second-order valence-corrected chi connectivity index (χ2v) is 13.8. The van der Waals surface area contributed by atoms with Gasteiger partial charge in [0.05, 0.1) is 0 Å². The molecule has 238 valence electrons. The number of para-hydroxylation sites is 2. The number of hydrogen-bond acceptors (Lipinski definition) is 6. The zero-order chi connectivity index (χ0) is 33.5. The van der Waals surface area contributed by atoms with E-state index < -0.39 is 0 Å². The van der Waals surface area contributed by atoms with E-state index in [4.69, 9.17) is 23.8 Å². The average Bonchev–Trinajstić information content (AvgIpc) is 3.89. The van der Waals surface area contributed by atoms with E-state index in [0.717, 1.165) is 66.1 Å². The minimum Gasteiger partial charge on any atom is -0.456 e. The highest BCUT2D eigenvalue weighted by Crippen LogP contribution is 2.44. The van der Waals surface area contributed by atoms with Crippen LogP contribution in [-0.2, 0) is 0 Å². The Kier molecular flexibility index (Phi) is 6.05. The van der Waals surface area contributed by atoms with Crippen molar-refractivity contribution in [3.8, 4) is 45.3 Å². The lowest BCUT2D eigenvalue weighted by Gasteiger charge is -2.09. The lowest BCUT2D eigenvalue weighted by molar-refractivity contribution is 0.669. The summed E-state index contributed by atoms with van der Waals surface area (Å²) < 4.78 is 15.4. The molecule has 0 N–H and O–H groups in total. The van der Waals surface area contributed by atoms with Gasteiger partial charge in [-0.05, 0) is 36.4 Å². The average molecular weight is 672 g/mol. The molecular formula is C45H25N3O2S. The number of hydrogen-bond donors (Lipinski definition) is 0. The van der Waals surface area contributed by atoms with Gasteiger partial charge in [-0.2, -0.15) is 0 Å². The number of thiophene rings is 1. The number of furan rings is 2. The number of benzene rings is 7. The number of nitrogens with zero attached hydrogens (tertiary/aromatic N) is 3. The molecular weight excluding hydrogens is 647 g/mol. The maximum Gasteiger partial charge on any atom is 0.164 e. The summed E-state index contributed by atoms with van der Waals surface area (Å²) >= 11 is 1.83. The summed E-state index contributed by atoms with van der Waals surface area (Å²) in [7, 11) is 0. The summed E-state index contributed by atoms with van der Waals surface area (Å²) in [6.07, 6.45) is 0. The lowest BCUT2D eigenvalue weighted by Crippen LogP contribution is -2.00. The normalized spacial score (nSPS) is 11.9. The van der Waals surface area contributed by atoms with Gasteiger partial charge < -0.3 is 8.83 Å². The van der Waals surface area contributed by atoms with Crippen LogP contribution >= 0.6 is 11.3 Å². The molecule has 11 rings (SSSR count). The third-order valence-electron chi connectivity index (χ3n) is 9.76. The first-order valence-corrected chi connectivity index (χ1v) is 17.7. The first-order valence-electron chi connectivity index (χ1n) is 16.9. The second kappa shape index (κ2) is 10.9. The minimum absolute atomic E-state index is 0.589. The van der Waals surface area contributed by atoms with E-state index in [2.05, 4.69) is 78.9 Å². The van der Waals surface area contributed by atoms with Crippen LogP contribution in [-0.4, -0.2) is 15.0 Å². The Hall–Kier alpha value is -6.63. The molecule has 0 saturated carbocycles. The van der Waals surface area contributed by atoms with Crippen LogP contribution in [0.1, 0.15) is 0 Å². The largest absolute Gasteiger partial charge is 0.456 e. The van der Waals surface area contributed by atoms with E-state index in [1.54, 1.807) is 0 Å². The number of aromatic nitrogens is 3. The SMILES string of the molecule is c1ccc(-c2nc(-c3ccc4oc5c(-c6cccc7c6sc6ccccc67)cccc5c4c3)nc(-c3cccc4oc5ccccc5c34)n2)cc1. The first-order chi connectivity index (χ1) is 25.3. The Morgan fingerprint density at radius 2 is 1.04 bits per heavy atom. The van der Waals surface area contributed by atoms with Gasteiger partial charge in [0.25, 0.3) is 0 Å². The quantitative estimate of drug-likeness (QED) is 0.186. The molecule has 51 heavy (non-hydrogen) atoms. The van der Waals surface area contributed by atoms with E-state index in [9.17, 15) is 0 Å². The first kappa shape index (κ1) is 28.2. The molecule has 11 aromatic rings. The highest BCUT2D eigenvalue weighted by atomic mass is 32.1. The van der Waals surface area contributed by atoms with Gasteiger partial charge in [-0.3, -0.25) is 0 Å². The third kappa shape index (κ3) is 4.37.